The van der Waals surface area contributed by atoms with Crippen molar-refractivity contribution in [2.45, 2.75) is 64.3 Å². The predicted molar refractivity (Wildman–Crippen MR) is 77.9 cm³/mol. The van der Waals surface area contributed by atoms with Crippen LogP contribution in [0.25, 0.3) is 0 Å². The number of rotatable bonds is 2. The summed E-state index contributed by atoms with van der Waals surface area (Å²) in [6.45, 7) is 1.67. The molecule has 0 aromatic heterocycles. The van der Waals surface area contributed by atoms with Crippen molar-refractivity contribution in [1.82, 2.24) is 0 Å². The first-order chi connectivity index (χ1) is 9.60. The van der Waals surface area contributed by atoms with Crippen molar-refractivity contribution in [3.63, 3.8) is 0 Å². The van der Waals surface area contributed by atoms with E-state index in [-0.39, 0.29) is 11.7 Å². The fourth-order valence-electron chi connectivity index (χ4n) is 3.99. The van der Waals surface area contributed by atoms with Gasteiger partial charge in [-0.15, -0.1) is 0 Å². The third-order valence-corrected chi connectivity index (χ3v) is 5.34. The van der Waals surface area contributed by atoms with Gasteiger partial charge in [-0.2, -0.15) is 0 Å². The SMILES string of the molecule is Cc1ccc(F)c(NC2CCC3(CCCC3)CC2)c1F. The summed E-state index contributed by atoms with van der Waals surface area (Å²) in [5.74, 6) is -0.916. The van der Waals surface area contributed by atoms with Crippen LogP contribution in [0.2, 0.25) is 0 Å². The van der Waals surface area contributed by atoms with Gasteiger partial charge in [-0.1, -0.05) is 18.9 Å². The van der Waals surface area contributed by atoms with Gasteiger partial charge < -0.3 is 5.32 Å². The van der Waals surface area contributed by atoms with Crippen LogP contribution in [0.1, 0.15) is 56.9 Å². The Kier molecular flexibility index (Phi) is 3.70. The fraction of sp³-hybridized carbons (Fsp3) is 0.647. The highest BCUT2D eigenvalue weighted by molar-refractivity contribution is 5.49. The van der Waals surface area contributed by atoms with Crippen molar-refractivity contribution in [3.8, 4) is 0 Å². The van der Waals surface area contributed by atoms with E-state index in [9.17, 15) is 8.78 Å². The molecule has 0 radical (unpaired) electrons. The van der Waals surface area contributed by atoms with E-state index < -0.39 is 11.6 Å². The van der Waals surface area contributed by atoms with Crippen molar-refractivity contribution in [2.75, 3.05) is 5.32 Å². The van der Waals surface area contributed by atoms with Gasteiger partial charge in [0.05, 0.1) is 0 Å². The minimum Gasteiger partial charge on any atom is -0.378 e. The summed E-state index contributed by atoms with van der Waals surface area (Å²) in [5.41, 5.74) is 1.12. The Morgan fingerprint density at radius 2 is 1.70 bits per heavy atom. The van der Waals surface area contributed by atoms with Crippen LogP contribution in [0.4, 0.5) is 14.5 Å². The second-order valence-electron chi connectivity index (χ2n) is 6.68. The lowest BCUT2D eigenvalue weighted by Crippen LogP contribution is -2.32. The average molecular weight is 279 g/mol. The highest BCUT2D eigenvalue weighted by Gasteiger charge is 2.37. The number of anilines is 1. The van der Waals surface area contributed by atoms with E-state index in [4.69, 9.17) is 0 Å². The van der Waals surface area contributed by atoms with E-state index in [0.717, 1.165) is 12.8 Å². The zero-order valence-electron chi connectivity index (χ0n) is 12.1. The van der Waals surface area contributed by atoms with Crippen LogP contribution in [0.5, 0.6) is 0 Å². The molecule has 2 fully saturated rings. The van der Waals surface area contributed by atoms with Gasteiger partial charge in [-0.25, -0.2) is 8.78 Å². The Labute approximate surface area is 119 Å². The Hall–Kier alpha value is -1.12. The molecular weight excluding hydrogens is 256 g/mol. The van der Waals surface area contributed by atoms with Gasteiger partial charge in [0.25, 0.3) is 0 Å². The minimum absolute atomic E-state index is 0.0670. The minimum atomic E-state index is -0.478. The number of nitrogens with one attached hydrogen (secondary N) is 1. The van der Waals surface area contributed by atoms with Gasteiger partial charge in [0.1, 0.15) is 11.5 Å². The molecule has 0 aliphatic heterocycles. The third kappa shape index (κ3) is 2.55. The molecule has 0 heterocycles. The Morgan fingerprint density at radius 3 is 2.35 bits per heavy atom. The van der Waals surface area contributed by atoms with Crippen LogP contribution >= 0.6 is 0 Å². The highest BCUT2D eigenvalue weighted by atomic mass is 19.1. The molecule has 2 aliphatic rings. The number of halogens is 2. The van der Waals surface area contributed by atoms with E-state index in [1.807, 2.05) is 0 Å². The summed E-state index contributed by atoms with van der Waals surface area (Å²) >= 11 is 0. The average Bonchev–Trinajstić information content (AvgIpc) is 2.90. The molecule has 20 heavy (non-hydrogen) atoms. The second-order valence-corrected chi connectivity index (χ2v) is 6.68. The molecule has 2 saturated carbocycles. The van der Waals surface area contributed by atoms with Crippen LogP contribution in [0, 0.1) is 24.0 Å². The van der Waals surface area contributed by atoms with Crippen molar-refractivity contribution >= 4 is 5.69 Å². The van der Waals surface area contributed by atoms with E-state index in [0.29, 0.717) is 11.0 Å². The second kappa shape index (κ2) is 5.34. The Morgan fingerprint density at radius 1 is 1.05 bits per heavy atom. The third-order valence-electron chi connectivity index (χ3n) is 5.34. The molecule has 1 N–H and O–H groups in total. The summed E-state index contributed by atoms with van der Waals surface area (Å²) in [6.07, 6.45) is 9.91. The van der Waals surface area contributed by atoms with Gasteiger partial charge in [-0.3, -0.25) is 0 Å². The summed E-state index contributed by atoms with van der Waals surface area (Å²) in [6, 6.07) is 3.05. The van der Waals surface area contributed by atoms with Crippen LogP contribution < -0.4 is 5.32 Å². The lowest BCUT2D eigenvalue weighted by molar-refractivity contribution is 0.187. The molecule has 2 aliphatic carbocycles. The van der Waals surface area contributed by atoms with Crippen LogP contribution in [-0.2, 0) is 0 Å². The first-order valence-electron chi connectivity index (χ1n) is 7.81. The summed E-state index contributed by atoms with van der Waals surface area (Å²) in [7, 11) is 0. The maximum Gasteiger partial charge on any atom is 0.152 e. The zero-order chi connectivity index (χ0) is 14.2. The molecular formula is C17H23F2N. The van der Waals surface area contributed by atoms with Gasteiger partial charge >= 0.3 is 0 Å². The summed E-state index contributed by atoms with van der Waals surface area (Å²) in [5, 5.41) is 3.11. The predicted octanol–water partition coefficient (Wildman–Crippen LogP) is 5.19. The Bertz CT molecular complexity index is 482. The molecule has 1 spiro atoms. The first kappa shape index (κ1) is 13.8. The molecule has 110 valence electrons. The highest BCUT2D eigenvalue weighted by Crippen LogP contribution is 2.49. The van der Waals surface area contributed by atoms with Crippen molar-refractivity contribution in [1.29, 1.82) is 0 Å². The summed E-state index contributed by atoms with van der Waals surface area (Å²) in [4.78, 5) is 0. The standard InChI is InChI=1S/C17H23F2N/c1-12-4-5-14(18)16(15(12)19)20-13-6-10-17(11-7-13)8-2-3-9-17/h4-5,13,20H,2-3,6-11H2,1H3. The van der Waals surface area contributed by atoms with Crippen LogP contribution in [0.3, 0.4) is 0 Å². The van der Waals surface area contributed by atoms with E-state index >= 15 is 0 Å². The Balaban J connectivity index is 1.67. The van der Waals surface area contributed by atoms with Crippen LogP contribution in [0.15, 0.2) is 12.1 Å². The molecule has 1 aromatic carbocycles. The molecule has 3 heteroatoms. The normalized spacial score (nSPS) is 22.4. The van der Waals surface area contributed by atoms with Gasteiger partial charge in [0, 0.05) is 6.04 Å². The molecule has 0 unspecified atom stereocenters. The maximum atomic E-state index is 14.0. The van der Waals surface area contributed by atoms with Gasteiger partial charge in [-0.05, 0) is 62.5 Å². The van der Waals surface area contributed by atoms with Crippen LogP contribution in [-0.4, -0.2) is 6.04 Å². The number of hydrogen-bond acceptors (Lipinski definition) is 1. The maximum absolute atomic E-state index is 14.0. The number of benzene rings is 1. The monoisotopic (exact) mass is 279 g/mol. The molecule has 0 saturated heterocycles. The fourth-order valence-corrected chi connectivity index (χ4v) is 3.99. The van der Waals surface area contributed by atoms with Crippen molar-refractivity contribution in [3.05, 3.63) is 29.3 Å². The molecule has 1 aromatic rings. The smallest absolute Gasteiger partial charge is 0.152 e. The van der Waals surface area contributed by atoms with E-state index in [1.165, 1.54) is 50.7 Å². The molecule has 3 rings (SSSR count). The lowest BCUT2D eigenvalue weighted by Gasteiger charge is -2.38. The summed E-state index contributed by atoms with van der Waals surface area (Å²) < 4.78 is 27.8. The molecule has 0 atom stereocenters. The van der Waals surface area contributed by atoms with Crippen molar-refractivity contribution < 1.29 is 8.78 Å². The topological polar surface area (TPSA) is 12.0 Å². The lowest BCUT2D eigenvalue weighted by atomic mass is 9.71. The van der Waals surface area contributed by atoms with Gasteiger partial charge in [0.15, 0.2) is 5.82 Å². The zero-order valence-corrected chi connectivity index (χ0v) is 12.1. The largest absolute Gasteiger partial charge is 0.378 e. The number of aryl methyl sites for hydroxylation is 1. The molecule has 0 bridgehead atoms. The number of hydrogen-bond donors (Lipinski definition) is 1. The van der Waals surface area contributed by atoms with E-state index in [2.05, 4.69) is 5.32 Å². The van der Waals surface area contributed by atoms with E-state index in [1.54, 1.807) is 6.92 Å². The first-order valence-corrected chi connectivity index (χ1v) is 7.81. The molecule has 1 nitrogen and oxygen atoms in total. The molecule has 0 amide bonds. The quantitative estimate of drug-likeness (QED) is 0.785. The van der Waals surface area contributed by atoms with Crippen molar-refractivity contribution in [2.24, 2.45) is 5.41 Å². The van der Waals surface area contributed by atoms with Gasteiger partial charge in [0.2, 0.25) is 0 Å².